The molecule has 8 aliphatic rings. The number of aryl methyl sites for hydroxylation is 1. The van der Waals surface area contributed by atoms with Gasteiger partial charge in [-0.1, -0.05) is 72.8 Å². The Morgan fingerprint density at radius 2 is 0.646 bits per heavy atom. The number of aliphatic hydroxyl groups is 2. The molecule has 0 saturated carbocycles. The number of nitrogens with two attached hydrogens (primary N) is 1. The highest BCUT2D eigenvalue weighted by Gasteiger charge is 2.46. The van der Waals surface area contributed by atoms with Gasteiger partial charge in [-0.3, -0.25) is 43.2 Å². The van der Waals surface area contributed by atoms with E-state index in [9.17, 15) is 72.9 Å². The van der Waals surface area contributed by atoms with Gasteiger partial charge in [-0.25, -0.2) is 14.4 Å². The molecule has 34 nitrogen and oxygen atoms in total. The summed E-state index contributed by atoms with van der Waals surface area (Å²) >= 11 is 8.60. The number of amides is 7. The fourth-order valence-corrected chi connectivity index (χ4v) is 20.9. The topological polar surface area (TPSA) is 430 Å². The number of alkyl carbamates (subject to hydrolysis) is 2. The highest BCUT2D eigenvalue weighted by atomic mass is 32.1. The van der Waals surface area contributed by atoms with Crippen LogP contribution in [0.3, 0.4) is 0 Å². The fourth-order valence-electron chi connectivity index (χ4n) is 17.5. The Hall–Kier alpha value is -11.6. The maximum absolute atomic E-state index is 13.4. The Kier molecular flexibility index (Phi) is 45.6. The van der Waals surface area contributed by atoms with Gasteiger partial charge in [0.05, 0.1) is 0 Å². The van der Waals surface area contributed by atoms with E-state index in [0.717, 1.165) is 184 Å². The Labute approximate surface area is 864 Å². The lowest BCUT2D eigenvalue weighted by atomic mass is 9.96. The Morgan fingerprint density at radius 3 is 0.924 bits per heavy atom. The second kappa shape index (κ2) is 57.4. The molecule has 16 rings (SSSR count). The number of hydrogen-bond donors (Lipinski definition) is 9. The minimum atomic E-state index is -1.90. The van der Waals surface area contributed by atoms with Gasteiger partial charge < -0.3 is 110 Å². The number of anilines is 4. The fraction of sp³-hybridized carbons (Fsp3) is 0.524. The predicted molar refractivity (Wildman–Crippen MR) is 559 cm³/mol. The number of nitrogens with one attached hydrogen (secondary N) is 5. The molecule has 0 bridgehead atoms. The summed E-state index contributed by atoms with van der Waals surface area (Å²) in [6.45, 7) is 33.0. The third kappa shape index (κ3) is 37.8. The van der Waals surface area contributed by atoms with E-state index in [2.05, 4.69) is 142 Å². The second-order valence-corrected chi connectivity index (χ2v) is 42.8. The van der Waals surface area contributed by atoms with Gasteiger partial charge in [0.1, 0.15) is 11.2 Å². The van der Waals surface area contributed by atoms with Gasteiger partial charge in [0.25, 0.3) is 29.5 Å². The first-order valence-corrected chi connectivity index (χ1v) is 53.9. The summed E-state index contributed by atoms with van der Waals surface area (Å²) in [7, 11) is 0. The van der Waals surface area contributed by atoms with Crippen molar-refractivity contribution >= 4 is 151 Å². The van der Waals surface area contributed by atoms with E-state index in [-0.39, 0.29) is 31.2 Å². The van der Waals surface area contributed by atoms with Crippen molar-refractivity contribution in [2.24, 2.45) is 35.3 Å². The van der Waals surface area contributed by atoms with Crippen molar-refractivity contribution in [2.45, 2.75) is 227 Å². The molecular weight excluding hydrogens is 1940 g/mol. The zero-order chi connectivity index (χ0) is 104. The lowest BCUT2D eigenvalue weighted by Gasteiger charge is -2.33. The van der Waals surface area contributed by atoms with Crippen LogP contribution in [0.5, 0.6) is 0 Å². The molecule has 8 aromatic rings. The third-order valence-electron chi connectivity index (χ3n) is 25.4. The lowest BCUT2D eigenvalue weighted by molar-refractivity contribution is -0.183. The van der Waals surface area contributed by atoms with Crippen LogP contribution in [0.2, 0.25) is 0 Å². The molecule has 5 saturated heterocycles. The number of carboxylic acids is 1. The largest absolute Gasteiger partial charge is 0.478 e. The number of fused-ring (bicyclic) bond motifs is 3. The van der Waals surface area contributed by atoms with Gasteiger partial charge in [-0.05, 0) is 263 Å². The molecule has 0 unspecified atom stereocenters. The summed E-state index contributed by atoms with van der Waals surface area (Å²) in [4.78, 5) is 158. The van der Waals surface area contributed by atoms with Crippen LogP contribution in [-0.2, 0) is 116 Å². The number of rotatable bonds is 26. The number of esters is 4. The van der Waals surface area contributed by atoms with E-state index >= 15 is 0 Å². The molecule has 10 N–H and O–H groups in total. The number of benzene rings is 3. The first-order valence-electron chi connectivity index (χ1n) is 49.2. The molecule has 0 spiro atoms. The number of nitrogens with zero attached hydrogens (tertiary/aromatic N) is 7. The number of aliphatic hydroxyl groups excluding tert-OH is 2. The van der Waals surface area contributed by atoms with Crippen LogP contribution in [0, 0.1) is 36.5 Å². The standard InChI is InChI=1S/C26H31N3O6S.C22H27N3O4S.C16H17NO7.C15H24N2O2S.C11H22N2O2.C10H16N2S.C5H6S/c1-17(30)34-23(25(32)27-13-19-7-10-28(11-8-19)22-9-12-36-16-22)24(35-18(2)31)26(33)29-14-20-5-3-4-6-21(20)15-29;26-19(20(27)22(29)25-12-16-3-1-2-4-17(16)13-25)21(28)23-11-15-5-8-24(9-6-15)18-7-10-30-14-18;1-9(18)23-13(14(16(21)22)24-10(2)19)15(20)17-7-11-5-3-4-6-12(11)8-17;1-15(2,3)19-14(18)16-10-12-4-7-17(8-5-12)13-6-9-20-11-13;1-11(2,3)15-10(14)13-8-9-4-6-12-7-5-9;11-7-9-1-4-12(5-2-9)10-3-6-13-8-10;1-5-2-3-6-4-5/h3-6,9,12,16,19,23-24H,7-8,10-11,13-15H2,1-2H3,(H,27,32);1-4,7,10,14-15,19-20,26-27H,5-6,8-9,11-13H2,(H,23,28);3-6,13-14H,7-8H2,1-2H3,(H,21,22);6,9,11-12H,4-5,7-8,10H2,1-3H3,(H,16,18);9,12H,4-8H2,1-3H3,(H,13,14);3,6,8-9H,1-2,4-5,7,11H2;2-4H,1H3/t23-,24-;19-,20-;13-,14-;;;;/m111..../s1. The molecule has 3 aromatic carbocycles. The summed E-state index contributed by atoms with van der Waals surface area (Å²) in [5, 5.41) is 65.5. The van der Waals surface area contributed by atoms with E-state index in [1.165, 1.54) is 68.9 Å². The van der Waals surface area contributed by atoms with Gasteiger partial charge in [-0.15, -0.1) is 0 Å². The van der Waals surface area contributed by atoms with E-state index in [1.807, 2.05) is 114 Å². The van der Waals surface area contributed by atoms with Gasteiger partial charge in [0, 0.05) is 190 Å². The molecule has 144 heavy (non-hydrogen) atoms. The highest BCUT2D eigenvalue weighted by molar-refractivity contribution is 7.09. The number of thiophene rings is 5. The average Bonchev–Trinajstić information content (AvgIpc) is 1.64. The molecule has 39 heteroatoms. The van der Waals surface area contributed by atoms with Crippen molar-refractivity contribution in [3.05, 3.63) is 196 Å². The molecular formula is C105H143N13O21S5. The van der Waals surface area contributed by atoms with Crippen LogP contribution in [0.4, 0.5) is 32.3 Å². The molecule has 0 radical (unpaired) electrons. The summed E-state index contributed by atoms with van der Waals surface area (Å²) in [6.07, 6.45) is -0.235. The quantitative estimate of drug-likeness (QED) is 0.0180. The first-order chi connectivity index (χ1) is 68.8. The van der Waals surface area contributed by atoms with E-state index in [0.29, 0.717) is 63.6 Å². The highest BCUT2D eigenvalue weighted by Crippen LogP contribution is 2.33. The monoisotopic (exact) mass is 2080 g/mol. The van der Waals surface area contributed by atoms with E-state index in [1.54, 1.807) is 56.7 Å². The van der Waals surface area contributed by atoms with Gasteiger partial charge in [0.15, 0.2) is 12.2 Å². The number of ether oxygens (including phenoxy) is 6. The molecule has 784 valence electrons. The predicted octanol–water partition coefficient (Wildman–Crippen LogP) is 13.3. The number of carboxylic acid groups (broad SMARTS) is 1. The smallest absolute Gasteiger partial charge is 0.407 e. The summed E-state index contributed by atoms with van der Waals surface area (Å²) in [5.74, 6) is -5.60. The Bertz CT molecular complexity index is 5260. The van der Waals surface area contributed by atoms with Gasteiger partial charge in [0.2, 0.25) is 24.4 Å². The summed E-state index contributed by atoms with van der Waals surface area (Å²) in [5.41, 5.74) is 17.2. The van der Waals surface area contributed by atoms with Crippen LogP contribution < -0.4 is 51.9 Å². The van der Waals surface area contributed by atoms with Gasteiger partial charge >= 0.3 is 42.0 Å². The maximum atomic E-state index is 13.4. The van der Waals surface area contributed by atoms with Crippen LogP contribution in [-0.4, -0.2) is 248 Å². The zero-order valence-electron chi connectivity index (χ0n) is 84.3. The minimum Gasteiger partial charge on any atom is -0.478 e. The van der Waals surface area contributed by atoms with E-state index in [4.69, 9.17) is 29.4 Å². The number of carbonyl (C=O) groups is 12. The van der Waals surface area contributed by atoms with Crippen molar-refractivity contribution in [3.63, 3.8) is 0 Å². The molecule has 7 amide bonds. The SMILES string of the molecule is CC(=O)O[C@@H](C(=O)NCC1CCN(c2ccsc2)CC1)[C@@H](OC(C)=O)C(=O)N1Cc2ccccc2C1.CC(=O)O[C@@H](C(=O)O)[C@@H](OC(C)=O)C(=O)N1Cc2ccccc2C1.CC(C)(C)OC(=O)NCC1CCN(c2ccsc2)CC1.CC(C)(C)OC(=O)NCC1CCNCC1.Cc1ccsc1.NCC1CCN(c2ccsc2)CC1.O=C(NCC1CCN(c2ccsc2)CC1)[C@H](O)[C@@H](O)C(=O)N1Cc2ccccc2C1. The number of piperidine rings is 5. The molecule has 0 aliphatic carbocycles. The first kappa shape index (κ1) is 114. The van der Waals surface area contributed by atoms with Crippen molar-refractivity contribution in [2.75, 3.05) is 118 Å². The number of carbonyl (C=O) groups excluding carboxylic acids is 11. The zero-order valence-corrected chi connectivity index (χ0v) is 88.4. The van der Waals surface area contributed by atoms with E-state index < -0.39 is 107 Å². The normalized spacial score (nSPS) is 17.1. The van der Waals surface area contributed by atoms with Crippen LogP contribution in [0.25, 0.3) is 0 Å². The Balaban J connectivity index is 0.000000180. The molecule has 8 aliphatic heterocycles. The molecule has 6 atom stereocenters. The van der Waals surface area contributed by atoms with Crippen LogP contribution in [0.1, 0.15) is 172 Å². The molecule has 5 fully saturated rings. The van der Waals surface area contributed by atoms with Crippen LogP contribution in [0.15, 0.2) is 157 Å². The Morgan fingerprint density at radius 1 is 0.368 bits per heavy atom. The van der Waals surface area contributed by atoms with Crippen LogP contribution >= 0.6 is 56.7 Å². The second-order valence-electron chi connectivity index (χ2n) is 38.9. The molecule has 5 aromatic heterocycles. The minimum absolute atomic E-state index is 0.248. The summed E-state index contributed by atoms with van der Waals surface area (Å²) < 4.78 is 30.5. The third-order valence-corrected chi connectivity index (χ3v) is 28.9. The maximum Gasteiger partial charge on any atom is 0.407 e. The van der Waals surface area contributed by atoms with Crippen molar-refractivity contribution in [1.29, 1.82) is 0 Å². The van der Waals surface area contributed by atoms with Crippen molar-refractivity contribution in [1.82, 2.24) is 41.3 Å². The summed E-state index contributed by atoms with van der Waals surface area (Å²) in [6, 6.07) is 33.3. The molecule has 13 heterocycles. The lowest BCUT2D eigenvalue weighted by Crippen LogP contribution is -2.54. The van der Waals surface area contributed by atoms with Crippen molar-refractivity contribution < 1.29 is 101 Å². The van der Waals surface area contributed by atoms with Gasteiger partial charge in [-0.2, -0.15) is 56.7 Å². The van der Waals surface area contributed by atoms with Crippen molar-refractivity contribution in [3.8, 4) is 0 Å². The number of aliphatic carboxylic acids is 1. The number of hydrogen-bond acceptors (Lipinski definition) is 31. The average molecular weight is 2080 g/mol.